The Balaban J connectivity index is 2.19. The summed E-state index contributed by atoms with van der Waals surface area (Å²) >= 11 is 0. The van der Waals surface area contributed by atoms with Crippen molar-refractivity contribution in [3.8, 4) is 0 Å². The molecule has 0 spiro atoms. The van der Waals surface area contributed by atoms with Gasteiger partial charge in [-0.05, 0) is 80.9 Å². The summed E-state index contributed by atoms with van der Waals surface area (Å²) in [5.41, 5.74) is -2.90. The Morgan fingerprint density at radius 2 is 1.71 bits per heavy atom. The maximum atomic E-state index is 14.1. The highest BCUT2D eigenvalue weighted by Crippen LogP contribution is 2.38. The molecule has 12 heteroatoms. The molecule has 2 N–H and O–H groups in total. The van der Waals surface area contributed by atoms with Crippen LogP contribution in [0.4, 0.5) is 0 Å². The topological polar surface area (TPSA) is 144 Å². The van der Waals surface area contributed by atoms with Crippen LogP contribution in [0.25, 0.3) is 0 Å². The zero-order valence-electron chi connectivity index (χ0n) is 29.1. The maximum Gasteiger partial charge on any atom is 0.316 e. The lowest BCUT2D eigenvalue weighted by Gasteiger charge is -2.48. The molecule has 4 aliphatic heterocycles. The van der Waals surface area contributed by atoms with Gasteiger partial charge in [0.15, 0.2) is 17.9 Å². The van der Waals surface area contributed by atoms with E-state index in [9.17, 15) is 24.6 Å². The second-order valence-corrected chi connectivity index (χ2v) is 14.4. The summed E-state index contributed by atoms with van der Waals surface area (Å²) < 4.78 is 31.1. The molecule has 0 saturated carbocycles. The van der Waals surface area contributed by atoms with E-state index >= 15 is 0 Å². The highest BCUT2D eigenvalue weighted by molar-refractivity contribution is 6.00. The van der Waals surface area contributed by atoms with Gasteiger partial charge >= 0.3 is 5.97 Å². The summed E-state index contributed by atoms with van der Waals surface area (Å²) in [5.74, 6) is -3.97. The minimum atomic E-state index is -1.66. The highest BCUT2D eigenvalue weighted by Gasteiger charge is 2.51. The second-order valence-electron chi connectivity index (χ2n) is 14.4. The van der Waals surface area contributed by atoms with Crippen LogP contribution >= 0.6 is 0 Å². The first-order valence-corrected chi connectivity index (χ1v) is 16.4. The molecule has 12 nitrogen and oxygen atoms in total. The Labute approximate surface area is 269 Å². The van der Waals surface area contributed by atoms with E-state index in [1.165, 1.54) is 6.92 Å². The monoisotopic (exact) mass is 642 g/mol. The quantitative estimate of drug-likeness (QED) is 0.341. The third-order valence-corrected chi connectivity index (χ3v) is 10.2. The first kappa shape index (κ1) is 37.9. The number of carbonyl (C=O) groups excluding carboxylic acids is 3. The molecule has 4 rings (SSSR count). The molecule has 2 bridgehead atoms. The van der Waals surface area contributed by atoms with Crippen molar-refractivity contribution in [1.29, 1.82) is 0 Å². The van der Waals surface area contributed by atoms with Gasteiger partial charge < -0.3 is 43.7 Å². The van der Waals surface area contributed by atoms with Crippen molar-refractivity contribution in [2.24, 2.45) is 17.8 Å². The number of hydrogen-bond donors (Lipinski definition) is 2. The molecule has 45 heavy (non-hydrogen) atoms. The Morgan fingerprint density at radius 1 is 1.07 bits per heavy atom. The fraction of sp³-hybridized carbons (Fsp3) is 0.909. The van der Waals surface area contributed by atoms with Crippen LogP contribution in [-0.2, 0) is 38.1 Å². The Hall–Kier alpha value is -1.51. The number of esters is 1. The number of ketones is 2. The largest absolute Gasteiger partial charge is 0.459 e. The molecule has 0 amide bonds. The van der Waals surface area contributed by atoms with Crippen LogP contribution in [0.5, 0.6) is 0 Å². The molecule has 0 aromatic rings. The van der Waals surface area contributed by atoms with Gasteiger partial charge in [0.1, 0.15) is 36.9 Å². The summed E-state index contributed by atoms with van der Waals surface area (Å²) in [6, 6.07) is -0.401. The van der Waals surface area contributed by atoms with Gasteiger partial charge in [-0.1, -0.05) is 20.8 Å². The number of Topliss-reactive ketones (excluding diaryl/α,β-unsaturated/α-hetero) is 2. The first-order chi connectivity index (χ1) is 20.8. The molecule has 13 atom stereocenters. The van der Waals surface area contributed by atoms with Gasteiger partial charge in [0.25, 0.3) is 0 Å². The number of nitrogens with zero attached hydrogens (tertiary/aromatic N) is 2. The van der Waals surface area contributed by atoms with Gasteiger partial charge in [-0.2, -0.15) is 0 Å². The van der Waals surface area contributed by atoms with Crippen molar-refractivity contribution < 1.29 is 48.3 Å². The summed E-state index contributed by atoms with van der Waals surface area (Å²) in [6.45, 7) is 14.0. The van der Waals surface area contributed by atoms with E-state index in [4.69, 9.17) is 23.7 Å². The van der Waals surface area contributed by atoms with Crippen LogP contribution in [-0.4, -0.2) is 139 Å². The summed E-state index contributed by atoms with van der Waals surface area (Å²) in [4.78, 5) is 44.9. The first-order valence-electron chi connectivity index (χ1n) is 16.4. The number of likely N-dealkylation sites (N-methyl/N-ethyl adjacent to an activating group) is 1. The zero-order chi connectivity index (χ0) is 34.0. The Bertz CT molecular complexity index is 1040. The smallest absolute Gasteiger partial charge is 0.316 e. The summed E-state index contributed by atoms with van der Waals surface area (Å²) in [7, 11) is 5.71. The van der Waals surface area contributed by atoms with E-state index < -0.39 is 65.5 Å². The van der Waals surface area contributed by atoms with Crippen molar-refractivity contribution in [2.75, 3.05) is 40.9 Å². The Kier molecular flexibility index (Phi) is 12.8. The molecular weight excluding hydrogens is 584 g/mol. The molecular formula is C33H58N2O10. The summed E-state index contributed by atoms with van der Waals surface area (Å²) in [6.07, 6.45) is -4.07. The molecule has 0 aromatic heterocycles. The van der Waals surface area contributed by atoms with E-state index in [-0.39, 0.29) is 49.5 Å². The lowest BCUT2D eigenvalue weighted by Crippen LogP contribution is -2.60. The van der Waals surface area contributed by atoms with E-state index in [2.05, 4.69) is 4.90 Å². The minimum Gasteiger partial charge on any atom is -0.459 e. The van der Waals surface area contributed by atoms with Gasteiger partial charge in [-0.15, -0.1) is 0 Å². The number of fused-ring (bicyclic) bond motifs is 15. The molecule has 0 unspecified atom stereocenters. The lowest BCUT2D eigenvalue weighted by molar-refractivity contribution is -0.297. The Morgan fingerprint density at radius 3 is 2.31 bits per heavy atom. The molecule has 0 radical (unpaired) electrons. The van der Waals surface area contributed by atoms with E-state index in [1.54, 1.807) is 27.7 Å². The van der Waals surface area contributed by atoms with Crippen LogP contribution in [0.15, 0.2) is 0 Å². The maximum absolute atomic E-state index is 14.1. The number of aliphatic hydroxyl groups is 2. The van der Waals surface area contributed by atoms with Crippen LogP contribution in [0.1, 0.15) is 74.7 Å². The van der Waals surface area contributed by atoms with Crippen molar-refractivity contribution in [3.05, 3.63) is 0 Å². The average Bonchev–Trinajstić information content (AvgIpc) is 2.96. The molecule has 0 aromatic carbocycles. The van der Waals surface area contributed by atoms with Gasteiger partial charge in [-0.25, -0.2) is 0 Å². The lowest BCUT2D eigenvalue weighted by atomic mass is 9.79. The molecule has 4 saturated heterocycles. The number of rotatable bonds is 4. The van der Waals surface area contributed by atoms with Crippen molar-refractivity contribution in [2.45, 2.75) is 135 Å². The van der Waals surface area contributed by atoms with Crippen molar-refractivity contribution >= 4 is 17.5 Å². The predicted molar refractivity (Wildman–Crippen MR) is 166 cm³/mol. The average molecular weight is 643 g/mol. The normalized spacial score (nSPS) is 45.3. The van der Waals surface area contributed by atoms with Crippen LogP contribution in [0.3, 0.4) is 0 Å². The van der Waals surface area contributed by atoms with Gasteiger partial charge in [-0.3, -0.25) is 14.4 Å². The van der Waals surface area contributed by atoms with Crippen LogP contribution in [0, 0.1) is 17.8 Å². The third-order valence-electron chi connectivity index (χ3n) is 10.2. The van der Waals surface area contributed by atoms with E-state index in [0.29, 0.717) is 19.4 Å². The number of carbonyl (C=O) groups is 3. The molecule has 4 heterocycles. The molecule has 0 aliphatic carbocycles. The van der Waals surface area contributed by atoms with E-state index in [0.717, 1.165) is 0 Å². The summed E-state index contributed by atoms with van der Waals surface area (Å²) in [5, 5.41) is 23.2. The van der Waals surface area contributed by atoms with Gasteiger partial charge in [0.2, 0.25) is 0 Å². The van der Waals surface area contributed by atoms with Crippen molar-refractivity contribution in [1.82, 2.24) is 9.80 Å². The third kappa shape index (κ3) is 8.51. The fourth-order valence-electron chi connectivity index (χ4n) is 7.40. The number of aliphatic hydroxyl groups excluding tert-OH is 1. The standard InChI is InChI=1S/C33H58N2O10/c1-12-25-33(8,40)28-18(2)15-35(11)19(3)14-32(7,42-17-23(36)16-41-28)29(21(5)26(37)22(6)30(39)44-25)45-31-27(38)24(34(9)10)13-20(4)43-31/h18-22,24-25,27-29,31,38,40H,12-17H2,1-11H3/t18-,19+,20+,21-,22+,24-,25+,27+,28+,29+,31-,32+,33+/m0/s1. The zero-order valence-corrected chi connectivity index (χ0v) is 29.1. The SMILES string of the molecule is CC[C@H]1OC(=O)[C@H](C)C(=O)[C@H](C)[C@@H](O[C@@H]2O[C@H](C)C[C@H](N(C)C)[C@H]2O)[C@@]2(C)C[C@@H](C)N(C)C[C@H](C)[C@@H](OCC(=O)CO2)[C@]1(C)O. The minimum absolute atomic E-state index is 0.140. The van der Waals surface area contributed by atoms with Crippen LogP contribution in [0.2, 0.25) is 0 Å². The molecule has 260 valence electrons. The predicted octanol–water partition coefficient (Wildman–Crippen LogP) is 1.82. The van der Waals surface area contributed by atoms with Crippen LogP contribution < -0.4 is 0 Å². The van der Waals surface area contributed by atoms with Gasteiger partial charge in [0, 0.05) is 24.5 Å². The van der Waals surface area contributed by atoms with Crippen molar-refractivity contribution in [3.63, 3.8) is 0 Å². The molecule has 4 aliphatic rings. The second kappa shape index (κ2) is 15.1. The fourth-order valence-corrected chi connectivity index (χ4v) is 7.40. The highest BCUT2D eigenvalue weighted by atomic mass is 16.7. The number of ether oxygens (including phenoxy) is 5. The number of hydrogen-bond acceptors (Lipinski definition) is 12. The van der Waals surface area contributed by atoms with Gasteiger partial charge in [0.05, 0.1) is 23.9 Å². The molecule has 4 fully saturated rings. The van der Waals surface area contributed by atoms with E-state index in [1.807, 2.05) is 46.8 Å².